The van der Waals surface area contributed by atoms with E-state index in [0.717, 1.165) is 0 Å². The normalized spacial score (nSPS) is 15.5. The zero-order valence-electron chi connectivity index (χ0n) is 9.36. The van der Waals surface area contributed by atoms with Gasteiger partial charge in [-0.2, -0.15) is 0 Å². The first-order valence-corrected chi connectivity index (χ1v) is 4.38. The summed E-state index contributed by atoms with van der Waals surface area (Å²) in [6, 6.07) is 0. The zero-order valence-corrected chi connectivity index (χ0v) is 9.36. The average molecular weight is 219 g/mol. The van der Waals surface area contributed by atoms with Crippen LogP contribution in [0.5, 0.6) is 0 Å². The molecule has 0 aromatic carbocycles. The molecule has 6 heteroatoms. The highest BCUT2D eigenvalue weighted by atomic mass is 16.6. The molecule has 0 aromatic rings. The highest BCUT2D eigenvalue weighted by Gasteiger charge is 2.45. The van der Waals surface area contributed by atoms with Crippen LogP contribution < -0.4 is 5.73 Å². The Morgan fingerprint density at radius 3 is 2.07 bits per heavy atom. The molecule has 1 unspecified atom stereocenters. The van der Waals surface area contributed by atoms with Crippen LogP contribution in [0, 0.1) is 0 Å². The molecule has 15 heavy (non-hydrogen) atoms. The highest BCUT2D eigenvalue weighted by molar-refractivity contribution is 6.04. The molecule has 88 valence electrons. The number of carboxylic acid groups (broad SMARTS) is 1. The smallest absolute Gasteiger partial charge is 0.340 e. The average Bonchev–Trinajstić information content (AvgIpc) is 2.00. The lowest BCUT2D eigenvalue weighted by atomic mass is 10.0. The molecule has 0 saturated heterocycles. The predicted molar refractivity (Wildman–Crippen MR) is 52.3 cm³/mol. The van der Waals surface area contributed by atoms with E-state index in [2.05, 4.69) is 4.74 Å². The molecule has 0 aliphatic heterocycles. The van der Waals surface area contributed by atoms with E-state index < -0.39 is 29.7 Å². The van der Waals surface area contributed by atoms with Gasteiger partial charge < -0.3 is 20.3 Å². The van der Waals surface area contributed by atoms with Gasteiger partial charge in [0.1, 0.15) is 5.60 Å². The van der Waals surface area contributed by atoms with Crippen LogP contribution in [0.15, 0.2) is 0 Å². The third kappa shape index (κ3) is 3.85. The lowest BCUT2D eigenvalue weighted by molar-refractivity contribution is -0.171. The fourth-order valence-corrected chi connectivity index (χ4v) is 0.805. The second-order valence-corrected chi connectivity index (χ2v) is 4.21. The third-order valence-electron chi connectivity index (χ3n) is 1.52. The molecular formula is C9H17NO5. The second-order valence-electron chi connectivity index (χ2n) is 4.21. The molecule has 0 aromatic heterocycles. The predicted octanol–water partition coefficient (Wildman–Crippen LogP) is -0.243. The number of esters is 1. The van der Waals surface area contributed by atoms with Crippen molar-refractivity contribution in [3.8, 4) is 0 Å². The number of carboxylic acids is 1. The SMILES string of the molecule is COCC(N)(C(=O)O)C(=O)OC(C)(C)C. The van der Waals surface area contributed by atoms with Gasteiger partial charge in [0, 0.05) is 7.11 Å². The Hall–Kier alpha value is -1.14. The number of aliphatic carboxylic acids is 1. The second kappa shape index (κ2) is 4.59. The van der Waals surface area contributed by atoms with E-state index in [1.165, 1.54) is 7.11 Å². The zero-order chi connectivity index (χ0) is 12.3. The molecule has 0 rings (SSSR count). The first-order valence-electron chi connectivity index (χ1n) is 4.38. The topological polar surface area (TPSA) is 98.9 Å². The van der Waals surface area contributed by atoms with Gasteiger partial charge in [-0.1, -0.05) is 0 Å². The minimum absolute atomic E-state index is 0.433. The van der Waals surface area contributed by atoms with Crippen molar-refractivity contribution < 1.29 is 24.2 Å². The molecule has 0 aliphatic rings. The number of nitrogens with two attached hydrogens (primary N) is 1. The number of methoxy groups -OCH3 is 1. The lowest BCUT2D eigenvalue weighted by Gasteiger charge is -2.27. The van der Waals surface area contributed by atoms with E-state index in [0.29, 0.717) is 0 Å². The Balaban J connectivity index is 4.79. The number of ether oxygens (including phenoxy) is 2. The fourth-order valence-electron chi connectivity index (χ4n) is 0.805. The Morgan fingerprint density at radius 1 is 1.33 bits per heavy atom. The summed E-state index contributed by atoms with van der Waals surface area (Å²) in [4.78, 5) is 22.3. The van der Waals surface area contributed by atoms with Gasteiger partial charge in [-0.3, -0.25) is 0 Å². The van der Waals surface area contributed by atoms with Crippen molar-refractivity contribution in [2.75, 3.05) is 13.7 Å². The van der Waals surface area contributed by atoms with E-state index in [-0.39, 0.29) is 0 Å². The third-order valence-corrected chi connectivity index (χ3v) is 1.52. The molecule has 0 aliphatic carbocycles. The van der Waals surface area contributed by atoms with Gasteiger partial charge in [-0.05, 0) is 20.8 Å². The molecule has 1 atom stereocenters. The largest absolute Gasteiger partial charge is 0.479 e. The van der Waals surface area contributed by atoms with Crippen LogP contribution in [0.4, 0.5) is 0 Å². The molecule has 0 spiro atoms. The number of carbonyl (C=O) groups excluding carboxylic acids is 1. The van der Waals surface area contributed by atoms with Gasteiger partial charge in [0.2, 0.25) is 5.54 Å². The van der Waals surface area contributed by atoms with Gasteiger partial charge in [0.05, 0.1) is 6.61 Å². The summed E-state index contributed by atoms with van der Waals surface area (Å²) in [5.74, 6) is -2.48. The quantitative estimate of drug-likeness (QED) is 0.500. The molecule has 6 nitrogen and oxygen atoms in total. The summed E-state index contributed by atoms with van der Waals surface area (Å²) >= 11 is 0. The first-order chi connectivity index (χ1) is 6.63. The van der Waals surface area contributed by atoms with E-state index >= 15 is 0 Å². The minimum Gasteiger partial charge on any atom is -0.479 e. The summed E-state index contributed by atoms with van der Waals surface area (Å²) in [5.41, 5.74) is 2.47. The van der Waals surface area contributed by atoms with Crippen molar-refractivity contribution in [3.63, 3.8) is 0 Å². The van der Waals surface area contributed by atoms with Crippen molar-refractivity contribution >= 4 is 11.9 Å². The summed E-state index contributed by atoms with van der Waals surface area (Å²) in [7, 11) is 1.26. The molecule has 0 amide bonds. The number of rotatable bonds is 4. The van der Waals surface area contributed by atoms with E-state index in [1.807, 2.05) is 0 Å². The molecule has 0 saturated carbocycles. The maximum Gasteiger partial charge on any atom is 0.340 e. The number of hydrogen-bond donors (Lipinski definition) is 2. The molecule has 0 radical (unpaired) electrons. The van der Waals surface area contributed by atoms with E-state index in [1.54, 1.807) is 20.8 Å². The van der Waals surface area contributed by atoms with Gasteiger partial charge in [-0.15, -0.1) is 0 Å². The van der Waals surface area contributed by atoms with Gasteiger partial charge in [-0.25, -0.2) is 9.59 Å². The highest BCUT2D eigenvalue weighted by Crippen LogP contribution is 2.13. The van der Waals surface area contributed by atoms with Crippen LogP contribution in [0.3, 0.4) is 0 Å². The van der Waals surface area contributed by atoms with Crippen LogP contribution in [-0.2, 0) is 19.1 Å². The number of hydrogen-bond acceptors (Lipinski definition) is 5. The molecular weight excluding hydrogens is 202 g/mol. The Kier molecular flexibility index (Phi) is 4.24. The van der Waals surface area contributed by atoms with Crippen LogP contribution in [0.25, 0.3) is 0 Å². The standard InChI is InChI=1S/C9H17NO5/c1-8(2,3)15-7(13)9(10,5-14-4)6(11)12/h5,10H2,1-4H3,(H,11,12). The monoisotopic (exact) mass is 219 g/mol. The van der Waals surface area contributed by atoms with E-state index in [9.17, 15) is 9.59 Å². The van der Waals surface area contributed by atoms with Crippen molar-refractivity contribution in [2.45, 2.75) is 31.9 Å². The van der Waals surface area contributed by atoms with Gasteiger partial charge in [0.25, 0.3) is 0 Å². The first kappa shape index (κ1) is 13.9. The number of carbonyl (C=O) groups is 2. The van der Waals surface area contributed by atoms with Crippen molar-refractivity contribution in [3.05, 3.63) is 0 Å². The van der Waals surface area contributed by atoms with Crippen LogP contribution >= 0.6 is 0 Å². The van der Waals surface area contributed by atoms with Crippen LogP contribution in [0.2, 0.25) is 0 Å². The van der Waals surface area contributed by atoms with Gasteiger partial charge >= 0.3 is 11.9 Å². The Bertz CT molecular complexity index is 258. The van der Waals surface area contributed by atoms with E-state index in [4.69, 9.17) is 15.6 Å². The van der Waals surface area contributed by atoms with Crippen molar-refractivity contribution in [1.29, 1.82) is 0 Å². The van der Waals surface area contributed by atoms with Crippen molar-refractivity contribution in [2.24, 2.45) is 5.73 Å². The van der Waals surface area contributed by atoms with Crippen LogP contribution in [0.1, 0.15) is 20.8 Å². The summed E-state index contributed by atoms with van der Waals surface area (Å²) in [6.07, 6.45) is 0. The summed E-state index contributed by atoms with van der Waals surface area (Å²) in [6.45, 7) is 4.44. The Labute approximate surface area is 88.3 Å². The molecule has 3 N–H and O–H groups in total. The van der Waals surface area contributed by atoms with Crippen molar-refractivity contribution in [1.82, 2.24) is 0 Å². The van der Waals surface area contributed by atoms with Gasteiger partial charge in [0.15, 0.2) is 0 Å². The lowest BCUT2D eigenvalue weighted by Crippen LogP contribution is -2.60. The summed E-state index contributed by atoms with van der Waals surface area (Å²) in [5, 5.41) is 8.83. The van der Waals surface area contributed by atoms with Crippen LogP contribution in [-0.4, -0.2) is 41.9 Å². The molecule has 0 heterocycles. The summed E-state index contributed by atoms with van der Waals surface area (Å²) < 4.78 is 9.49. The maximum absolute atomic E-state index is 11.5. The maximum atomic E-state index is 11.5. The Morgan fingerprint density at radius 2 is 1.80 bits per heavy atom. The molecule has 0 fully saturated rings. The fraction of sp³-hybridized carbons (Fsp3) is 0.778. The molecule has 0 bridgehead atoms. The minimum atomic E-state index is -2.15.